The van der Waals surface area contributed by atoms with Gasteiger partial charge in [0.25, 0.3) is 0 Å². The van der Waals surface area contributed by atoms with Gasteiger partial charge in [-0.05, 0) is 38.9 Å². The predicted molar refractivity (Wildman–Crippen MR) is 60.7 cm³/mol. The molecule has 96 valence electrons. The van der Waals surface area contributed by atoms with Gasteiger partial charge in [-0.1, -0.05) is 6.07 Å². The number of pyridine rings is 1. The number of halogens is 3. The van der Waals surface area contributed by atoms with Gasteiger partial charge < -0.3 is 5.32 Å². The summed E-state index contributed by atoms with van der Waals surface area (Å²) in [5.74, 6) is 0. The molecule has 0 bridgehead atoms. The fourth-order valence-electron chi connectivity index (χ4n) is 1.70. The Kier molecular flexibility index (Phi) is 4.93. The summed E-state index contributed by atoms with van der Waals surface area (Å²) in [7, 11) is 1.74. The van der Waals surface area contributed by atoms with E-state index >= 15 is 0 Å². The van der Waals surface area contributed by atoms with Crippen LogP contribution in [0.4, 0.5) is 13.2 Å². The number of rotatable bonds is 5. The second kappa shape index (κ2) is 6.00. The molecule has 0 spiro atoms. The zero-order chi connectivity index (χ0) is 12.9. The Morgan fingerprint density at radius 1 is 1.35 bits per heavy atom. The molecule has 0 amide bonds. The van der Waals surface area contributed by atoms with Gasteiger partial charge in [-0.3, -0.25) is 4.98 Å². The predicted octanol–water partition coefficient (Wildman–Crippen LogP) is 3.38. The molecule has 1 aromatic rings. The minimum Gasteiger partial charge on any atom is -0.312 e. The number of aryl methyl sites for hydroxylation is 1. The normalized spacial score (nSPS) is 13.7. The molecular formula is C12H17F3N2. The zero-order valence-electron chi connectivity index (χ0n) is 10.0. The van der Waals surface area contributed by atoms with Crippen LogP contribution >= 0.6 is 0 Å². The largest absolute Gasteiger partial charge is 0.389 e. The van der Waals surface area contributed by atoms with Crippen LogP contribution in [0, 0.1) is 6.92 Å². The molecule has 0 saturated heterocycles. The molecule has 1 aromatic heterocycles. The van der Waals surface area contributed by atoms with Gasteiger partial charge >= 0.3 is 6.18 Å². The minimum absolute atomic E-state index is 0.114. The maximum Gasteiger partial charge on any atom is 0.389 e. The van der Waals surface area contributed by atoms with E-state index in [2.05, 4.69) is 10.3 Å². The van der Waals surface area contributed by atoms with Gasteiger partial charge in [0.05, 0.1) is 5.69 Å². The number of nitrogens with zero attached hydrogens (tertiary/aromatic N) is 1. The fourth-order valence-corrected chi connectivity index (χ4v) is 1.70. The first kappa shape index (κ1) is 14.0. The lowest BCUT2D eigenvalue weighted by atomic mass is 10.1. The average molecular weight is 246 g/mol. The number of hydrogen-bond acceptors (Lipinski definition) is 2. The number of nitrogens with one attached hydrogen (secondary N) is 1. The van der Waals surface area contributed by atoms with E-state index in [0.717, 1.165) is 11.4 Å². The number of alkyl halides is 3. The summed E-state index contributed by atoms with van der Waals surface area (Å²) in [5, 5.41) is 3.00. The quantitative estimate of drug-likeness (QED) is 0.861. The molecule has 5 heteroatoms. The summed E-state index contributed by atoms with van der Waals surface area (Å²) in [6.45, 7) is 1.87. The van der Waals surface area contributed by atoms with Gasteiger partial charge in [0.2, 0.25) is 0 Å². The third kappa shape index (κ3) is 5.17. The lowest BCUT2D eigenvalue weighted by molar-refractivity contribution is -0.135. The van der Waals surface area contributed by atoms with Crippen molar-refractivity contribution in [3.63, 3.8) is 0 Å². The molecule has 0 aromatic carbocycles. The summed E-state index contributed by atoms with van der Waals surface area (Å²) in [6, 6.07) is 5.46. The van der Waals surface area contributed by atoms with E-state index in [1.165, 1.54) is 0 Å². The third-order valence-electron chi connectivity index (χ3n) is 2.57. The topological polar surface area (TPSA) is 24.9 Å². The summed E-state index contributed by atoms with van der Waals surface area (Å²) in [5.41, 5.74) is 1.67. The molecule has 0 saturated carbocycles. The summed E-state index contributed by atoms with van der Waals surface area (Å²) < 4.78 is 36.1. The minimum atomic E-state index is -4.07. The van der Waals surface area contributed by atoms with E-state index in [9.17, 15) is 13.2 Å². The molecule has 1 N–H and O–H groups in total. The molecule has 1 rings (SSSR count). The van der Waals surface area contributed by atoms with E-state index in [1.54, 1.807) is 7.05 Å². The van der Waals surface area contributed by atoms with Crippen molar-refractivity contribution in [2.45, 2.75) is 38.4 Å². The Morgan fingerprint density at radius 3 is 2.59 bits per heavy atom. The third-order valence-corrected chi connectivity index (χ3v) is 2.57. The van der Waals surface area contributed by atoms with Crippen LogP contribution in [0.5, 0.6) is 0 Å². The second-order valence-electron chi connectivity index (χ2n) is 4.05. The zero-order valence-corrected chi connectivity index (χ0v) is 10.0. The smallest absolute Gasteiger partial charge is 0.312 e. The van der Waals surface area contributed by atoms with Gasteiger partial charge in [-0.15, -0.1) is 0 Å². The summed E-state index contributed by atoms with van der Waals surface area (Å²) in [6.07, 6.45) is -4.26. The highest BCUT2D eigenvalue weighted by Crippen LogP contribution is 2.25. The highest BCUT2D eigenvalue weighted by atomic mass is 19.4. The average Bonchev–Trinajstić information content (AvgIpc) is 2.23. The van der Waals surface area contributed by atoms with E-state index in [0.29, 0.717) is 6.42 Å². The first-order chi connectivity index (χ1) is 7.92. The molecular weight excluding hydrogens is 229 g/mol. The Bertz CT molecular complexity index is 350. The Morgan fingerprint density at radius 2 is 2.06 bits per heavy atom. The van der Waals surface area contributed by atoms with Crippen LogP contribution in [0.15, 0.2) is 18.2 Å². The van der Waals surface area contributed by atoms with E-state index in [4.69, 9.17) is 0 Å². The van der Waals surface area contributed by atoms with Crippen molar-refractivity contribution in [2.75, 3.05) is 7.05 Å². The standard InChI is InChI=1S/C12H17F3N2/c1-9-5-3-6-11(17-9)10(16-2)7-4-8-12(13,14)15/h3,5-6,10,16H,4,7-8H2,1-2H3. The maximum absolute atomic E-state index is 12.0. The van der Waals surface area contributed by atoms with Gasteiger partial charge in [0.15, 0.2) is 0 Å². The van der Waals surface area contributed by atoms with E-state index < -0.39 is 12.6 Å². The molecule has 0 fully saturated rings. The van der Waals surface area contributed by atoms with Crippen LogP contribution in [0.3, 0.4) is 0 Å². The maximum atomic E-state index is 12.0. The SMILES string of the molecule is CNC(CCCC(F)(F)F)c1cccc(C)n1. The molecule has 2 nitrogen and oxygen atoms in total. The fraction of sp³-hybridized carbons (Fsp3) is 0.583. The highest BCUT2D eigenvalue weighted by molar-refractivity contribution is 5.13. The molecule has 0 aliphatic heterocycles. The monoisotopic (exact) mass is 246 g/mol. The molecule has 17 heavy (non-hydrogen) atoms. The molecule has 0 radical (unpaired) electrons. The molecule has 0 aliphatic carbocycles. The Hall–Kier alpha value is -1.10. The highest BCUT2D eigenvalue weighted by Gasteiger charge is 2.26. The van der Waals surface area contributed by atoms with Crippen LogP contribution < -0.4 is 5.32 Å². The summed E-state index contributed by atoms with van der Waals surface area (Å²) in [4.78, 5) is 4.32. The number of hydrogen-bond donors (Lipinski definition) is 1. The van der Waals surface area contributed by atoms with Crippen LogP contribution in [0.2, 0.25) is 0 Å². The Labute approximate surface area is 99.3 Å². The van der Waals surface area contributed by atoms with Gasteiger partial charge in [-0.25, -0.2) is 0 Å². The van der Waals surface area contributed by atoms with Crippen molar-refractivity contribution >= 4 is 0 Å². The van der Waals surface area contributed by atoms with Crippen molar-refractivity contribution in [3.8, 4) is 0 Å². The van der Waals surface area contributed by atoms with Crippen LogP contribution in [0.25, 0.3) is 0 Å². The van der Waals surface area contributed by atoms with Crippen molar-refractivity contribution < 1.29 is 13.2 Å². The van der Waals surface area contributed by atoms with Crippen LogP contribution in [-0.2, 0) is 0 Å². The second-order valence-corrected chi connectivity index (χ2v) is 4.05. The van der Waals surface area contributed by atoms with Crippen LogP contribution in [0.1, 0.15) is 36.7 Å². The lowest BCUT2D eigenvalue weighted by Crippen LogP contribution is -2.19. The Balaban J connectivity index is 2.54. The van der Waals surface area contributed by atoms with Gasteiger partial charge in [0, 0.05) is 18.2 Å². The lowest BCUT2D eigenvalue weighted by Gasteiger charge is -2.16. The van der Waals surface area contributed by atoms with Crippen LogP contribution in [-0.4, -0.2) is 18.2 Å². The van der Waals surface area contributed by atoms with E-state index in [1.807, 2.05) is 25.1 Å². The van der Waals surface area contributed by atoms with Crippen molar-refractivity contribution in [1.29, 1.82) is 0 Å². The van der Waals surface area contributed by atoms with Crippen molar-refractivity contribution in [3.05, 3.63) is 29.6 Å². The van der Waals surface area contributed by atoms with Crippen molar-refractivity contribution in [2.24, 2.45) is 0 Å². The van der Waals surface area contributed by atoms with Gasteiger partial charge in [-0.2, -0.15) is 13.2 Å². The first-order valence-electron chi connectivity index (χ1n) is 5.60. The molecule has 1 atom stereocenters. The van der Waals surface area contributed by atoms with Crippen molar-refractivity contribution in [1.82, 2.24) is 10.3 Å². The number of aromatic nitrogens is 1. The first-order valence-corrected chi connectivity index (χ1v) is 5.60. The molecule has 0 aliphatic rings. The van der Waals surface area contributed by atoms with Gasteiger partial charge in [0.1, 0.15) is 0 Å². The summed E-state index contributed by atoms with van der Waals surface area (Å²) >= 11 is 0. The van der Waals surface area contributed by atoms with E-state index in [-0.39, 0.29) is 12.5 Å². The molecule has 1 heterocycles. The molecule has 1 unspecified atom stereocenters.